The number of para-hydroxylation sites is 1. The van der Waals surface area contributed by atoms with Crippen LogP contribution in [-0.4, -0.2) is 73.2 Å². The van der Waals surface area contributed by atoms with Crippen LogP contribution < -0.4 is 15.0 Å². The minimum Gasteiger partial charge on any atom is -0.497 e. The second-order valence-electron chi connectivity index (χ2n) is 8.99. The van der Waals surface area contributed by atoms with Gasteiger partial charge in [-0.3, -0.25) is 0 Å². The number of urea groups is 1. The van der Waals surface area contributed by atoms with E-state index in [0.717, 1.165) is 52.2 Å². The standard InChI is InChI=1S/C28H30N6O2/c1-32(2)28(35)34-16-14-33(15-17-34)23-8-5-7-22(18-23)30-27-29-19-21-6-4-9-25(26(21)31-27)20-10-12-24(36-3)13-11-20/h4-13,18-19H,14-17H2,1-3H3,(H,29,30,31). The van der Waals surface area contributed by atoms with Crippen LogP contribution in [0, 0.1) is 0 Å². The number of fused-ring (bicyclic) bond motifs is 1. The molecule has 0 spiro atoms. The summed E-state index contributed by atoms with van der Waals surface area (Å²) in [7, 11) is 5.25. The van der Waals surface area contributed by atoms with Crippen molar-refractivity contribution in [2.24, 2.45) is 0 Å². The maximum absolute atomic E-state index is 12.2. The molecular formula is C28H30N6O2. The van der Waals surface area contributed by atoms with Crippen LogP contribution in [0.25, 0.3) is 22.0 Å². The normalized spacial score (nSPS) is 13.5. The molecule has 3 aromatic carbocycles. The fourth-order valence-corrected chi connectivity index (χ4v) is 4.47. The lowest BCUT2D eigenvalue weighted by Crippen LogP contribution is -2.51. The van der Waals surface area contributed by atoms with Gasteiger partial charge in [-0.2, -0.15) is 0 Å². The van der Waals surface area contributed by atoms with Crippen molar-refractivity contribution in [3.05, 3.63) is 72.9 Å². The van der Waals surface area contributed by atoms with E-state index in [0.29, 0.717) is 19.0 Å². The first-order chi connectivity index (χ1) is 17.5. The molecule has 2 amide bonds. The number of anilines is 3. The van der Waals surface area contributed by atoms with Gasteiger partial charge in [0.05, 0.1) is 12.6 Å². The second-order valence-corrected chi connectivity index (χ2v) is 8.99. The Bertz CT molecular complexity index is 1360. The SMILES string of the molecule is COc1ccc(-c2cccc3cnc(Nc4cccc(N5CCN(C(=O)N(C)C)CC5)c4)nc23)cc1. The van der Waals surface area contributed by atoms with E-state index in [1.807, 2.05) is 59.6 Å². The summed E-state index contributed by atoms with van der Waals surface area (Å²) >= 11 is 0. The predicted molar refractivity (Wildman–Crippen MR) is 144 cm³/mol. The van der Waals surface area contributed by atoms with E-state index in [-0.39, 0.29) is 6.03 Å². The summed E-state index contributed by atoms with van der Waals surface area (Å²) < 4.78 is 5.30. The van der Waals surface area contributed by atoms with E-state index in [2.05, 4.69) is 33.4 Å². The number of amides is 2. The first-order valence-electron chi connectivity index (χ1n) is 12.0. The van der Waals surface area contributed by atoms with E-state index in [1.165, 1.54) is 0 Å². The maximum Gasteiger partial charge on any atom is 0.319 e. The minimum atomic E-state index is 0.0625. The third-order valence-corrected chi connectivity index (χ3v) is 6.41. The number of ether oxygens (including phenoxy) is 1. The zero-order valence-corrected chi connectivity index (χ0v) is 20.8. The Labute approximate surface area is 211 Å². The van der Waals surface area contributed by atoms with Crippen LogP contribution in [0.2, 0.25) is 0 Å². The van der Waals surface area contributed by atoms with Crippen LogP contribution in [0.3, 0.4) is 0 Å². The lowest BCUT2D eigenvalue weighted by molar-refractivity contribution is 0.168. The highest BCUT2D eigenvalue weighted by Crippen LogP contribution is 2.30. The Morgan fingerprint density at radius 3 is 2.44 bits per heavy atom. The highest BCUT2D eigenvalue weighted by atomic mass is 16.5. The first-order valence-corrected chi connectivity index (χ1v) is 12.0. The van der Waals surface area contributed by atoms with Crippen molar-refractivity contribution in [1.82, 2.24) is 19.8 Å². The topological polar surface area (TPSA) is 73.8 Å². The highest BCUT2D eigenvalue weighted by Gasteiger charge is 2.22. The quantitative estimate of drug-likeness (QED) is 0.438. The molecule has 0 bridgehead atoms. The average molecular weight is 483 g/mol. The third-order valence-electron chi connectivity index (χ3n) is 6.41. The van der Waals surface area contributed by atoms with Crippen molar-refractivity contribution in [3.63, 3.8) is 0 Å². The van der Waals surface area contributed by atoms with E-state index >= 15 is 0 Å². The van der Waals surface area contributed by atoms with E-state index in [1.54, 1.807) is 26.1 Å². The molecule has 1 saturated heterocycles. The minimum absolute atomic E-state index is 0.0625. The number of nitrogens with one attached hydrogen (secondary N) is 1. The lowest BCUT2D eigenvalue weighted by Gasteiger charge is -2.37. The molecule has 1 fully saturated rings. The van der Waals surface area contributed by atoms with Crippen LogP contribution in [-0.2, 0) is 0 Å². The van der Waals surface area contributed by atoms with Crippen molar-refractivity contribution in [1.29, 1.82) is 0 Å². The summed E-state index contributed by atoms with van der Waals surface area (Å²) in [6.07, 6.45) is 1.85. The largest absolute Gasteiger partial charge is 0.497 e. The molecule has 0 radical (unpaired) electrons. The summed E-state index contributed by atoms with van der Waals surface area (Å²) in [5.74, 6) is 1.36. The number of piperazine rings is 1. The van der Waals surface area contributed by atoms with Crippen LogP contribution in [0.15, 0.2) is 72.9 Å². The molecular weight excluding hydrogens is 452 g/mol. The van der Waals surface area contributed by atoms with Crippen LogP contribution in [0.1, 0.15) is 0 Å². The number of rotatable bonds is 5. The number of hydrogen-bond acceptors (Lipinski definition) is 6. The molecule has 0 saturated carbocycles. The number of methoxy groups -OCH3 is 1. The molecule has 0 unspecified atom stereocenters. The summed E-state index contributed by atoms with van der Waals surface area (Å²) in [5, 5.41) is 4.35. The smallest absolute Gasteiger partial charge is 0.319 e. The molecule has 4 aromatic rings. The fourth-order valence-electron chi connectivity index (χ4n) is 4.47. The molecule has 36 heavy (non-hydrogen) atoms. The Balaban J connectivity index is 1.35. The van der Waals surface area contributed by atoms with Crippen molar-refractivity contribution < 1.29 is 9.53 Å². The number of hydrogen-bond donors (Lipinski definition) is 1. The zero-order valence-electron chi connectivity index (χ0n) is 20.8. The van der Waals surface area contributed by atoms with E-state index < -0.39 is 0 Å². The van der Waals surface area contributed by atoms with Gasteiger partial charge in [0.1, 0.15) is 5.75 Å². The molecule has 8 nitrogen and oxygen atoms in total. The van der Waals surface area contributed by atoms with Crippen LogP contribution in [0.5, 0.6) is 5.75 Å². The fraction of sp³-hybridized carbons (Fsp3) is 0.250. The van der Waals surface area contributed by atoms with Gasteiger partial charge in [0.15, 0.2) is 0 Å². The van der Waals surface area contributed by atoms with Gasteiger partial charge in [-0.05, 0) is 35.9 Å². The first kappa shape index (κ1) is 23.4. The van der Waals surface area contributed by atoms with Gasteiger partial charge in [0.25, 0.3) is 0 Å². The highest BCUT2D eigenvalue weighted by molar-refractivity contribution is 5.94. The van der Waals surface area contributed by atoms with E-state index in [9.17, 15) is 4.79 Å². The number of aromatic nitrogens is 2. The molecule has 1 aliphatic rings. The van der Waals surface area contributed by atoms with Crippen LogP contribution >= 0.6 is 0 Å². The molecule has 8 heteroatoms. The van der Waals surface area contributed by atoms with Crippen molar-refractivity contribution in [2.45, 2.75) is 0 Å². The van der Waals surface area contributed by atoms with Gasteiger partial charge in [0.2, 0.25) is 5.95 Å². The Morgan fingerprint density at radius 1 is 0.972 bits per heavy atom. The molecule has 5 rings (SSSR count). The predicted octanol–water partition coefficient (Wildman–Crippen LogP) is 4.85. The average Bonchev–Trinajstić information content (AvgIpc) is 2.92. The van der Waals surface area contributed by atoms with Gasteiger partial charge in [0, 0.05) is 68.8 Å². The summed E-state index contributed by atoms with van der Waals surface area (Å²) in [5.41, 5.74) is 5.02. The van der Waals surface area contributed by atoms with Crippen molar-refractivity contribution >= 4 is 34.3 Å². The van der Waals surface area contributed by atoms with Crippen molar-refractivity contribution in [2.75, 3.05) is 57.6 Å². The van der Waals surface area contributed by atoms with Gasteiger partial charge in [-0.25, -0.2) is 14.8 Å². The maximum atomic E-state index is 12.2. The molecule has 1 aliphatic heterocycles. The van der Waals surface area contributed by atoms with Crippen LogP contribution in [0.4, 0.5) is 22.1 Å². The number of carbonyl (C=O) groups is 1. The summed E-state index contributed by atoms with van der Waals surface area (Å²) in [4.78, 5) is 27.5. The second kappa shape index (κ2) is 10.1. The molecule has 2 heterocycles. The van der Waals surface area contributed by atoms with Gasteiger partial charge >= 0.3 is 6.03 Å². The third kappa shape index (κ3) is 4.88. The summed E-state index contributed by atoms with van der Waals surface area (Å²) in [6.45, 7) is 2.99. The molecule has 0 aliphatic carbocycles. The number of nitrogens with zero attached hydrogens (tertiary/aromatic N) is 5. The molecule has 0 atom stereocenters. The summed E-state index contributed by atoms with van der Waals surface area (Å²) in [6, 6.07) is 22.4. The van der Waals surface area contributed by atoms with Crippen molar-refractivity contribution in [3.8, 4) is 16.9 Å². The van der Waals surface area contributed by atoms with E-state index in [4.69, 9.17) is 9.72 Å². The molecule has 184 valence electrons. The zero-order chi connectivity index (χ0) is 25.1. The van der Waals surface area contributed by atoms with Gasteiger partial charge in [-0.1, -0.05) is 36.4 Å². The Morgan fingerprint density at radius 2 is 1.72 bits per heavy atom. The van der Waals surface area contributed by atoms with Gasteiger partial charge in [-0.15, -0.1) is 0 Å². The molecule has 1 N–H and O–H groups in total. The van der Waals surface area contributed by atoms with Gasteiger partial charge < -0.3 is 24.8 Å². The Hall–Kier alpha value is -4.33. The lowest BCUT2D eigenvalue weighted by atomic mass is 10.0. The number of benzene rings is 3. The monoisotopic (exact) mass is 482 g/mol. The Kier molecular flexibility index (Phi) is 6.58. The number of carbonyl (C=O) groups excluding carboxylic acids is 1. The molecule has 1 aromatic heterocycles.